The van der Waals surface area contributed by atoms with Crippen LogP contribution in [0.2, 0.25) is 0 Å². The van der Waals surface area contributed by atoms with Crippen LogP contribution in [0, 0.1) is 11.8 Å². The molecule has 1 aliphatic rings. The number of hydrogen-bond donors (Lipinski definition) is 3. The van der Waals surface area contributed by atoms with E-state index in [9.17, 15) is 4.79 Å². The van der Waals surface area contributed by atoms with Gasteiger partial charge in [0.1, 0.15) is 11.4 Å². The molecule has 0 bridgehead atoms. The number of benzene rings is 2. The lowest BCUT2D eigenvalue weighted by molar-refractivity contribution is 0.0229. The molecule has 3 N–H and O–H groups in total. The normalized spacial score (nSPS) is 15.2. The SMILES string of the molecule is CCCN(Cc1nc2ccc(C#Cc3cccc(-c4nc[nH]c4[C@@H]4CCCN4)c3)cc2[nH]1)C(=O)OC(C)(C)C. The summed E-state index contributed by atoms with van der Waals surface area (Å²) < 4.78 is 5.57. The van der Waals surface area contributed by atoms with Crippen LogP contribution in [-0.4, -0.2) is 49.6 Å². The molecule has 0 aliphatic carbocycles. The first-order valence-electron chi connectivity index (χ1n) is 13.6. The molecule has 202 valence electrons. The quantitative estimate of drug-likeness (QED) is 0.272. The maximum absolute atomic E-state index is 12.7. The Morgan fingerprint density at radius 3 is 2.72 bits per heavy atom. The van der Waals surface area contributed by atoms with Gasteiger partial charge < -0.3 is 24.9 Å². The largest absolute Gasteiger partial charge is 0.444 e. The van der Waals surface area contributed by atoms with Gasteiger partial charge in [0.15, 0.2) is 0 Å². The highest BCUT2D eigenvalue weighted by Crippen LogP contribution is 2.30. The number of carbonyl (C=O) groups is 1. The van der Waals surface area contributed by atoms with Crippen LogP contribution in [0.25, 0.3) is 22.3 Å². The molecule has 0 spiro atoms. The van der Waals surface area contributed by atoms with Crippen molar-refractivity contribution in [2.75, 3.05) is 13.1 Å². The van der Waals surface area contributed by atoms with Gasteiger partial charge in [0, 0.05) is 29.3 Å². The van der Waals surface area contributed by atoms with Crippen molar-refractivity contribution in [3.63, 3.8) is 0 Å². The average Bonchev–Trinajstić information content (AvgIpc) is 3.66. The van der Waals surface area contributed by atoms with E-state index in [0.29, 0.717) is 25.0 Å². The lowest BCUT2D eigenvalue weighted by Crippen LogP contribution is -2.37. The maximum Gasteiger partial charge on any atom is 0.410 e. The first kappa shape index (κ1) is 26.5. The van der Waals surface area contributed by atoms with E-state index in [1.165, 1.54) is 6.42 Å². The molecule has 39 heavy (non-hydrogen) atoms. The Balaban J connectivity index is 1.33. The van der Waals surface area contributed by atoms with Gasteiger partial charge in [-0.1, -0.05) is 30.9 Å². The van der Waals surface area contributed by atoms with E-state index in [-0.39, 0.29) is 6.09 Å². The van der Waals surface area contributed by atoms with Crippen molar-refractivity contribution in [1.82, 2.24) is 30.2 Å². The fourth-order valence-electron chi connectivity index (χ4n) is 4.85. The summed E-state index contributed by atoms with van der Waals surface area (Å²) in [5.41, 5.74) is 6.17. The monoisotopic (exact) mass is 524 g/mol. The Kier molecular flexibility index (Phi) is 7.71. The van der Waals surface area contributed by atoms with Gasteiger partial charge in [-0.05, 0) is 76.9 Å². The Morgan fingerprint density at radius 1 is 1.15 bits per heavy atom. The van der Waals surface area contributed by atoms with Crippen molar-refractivity contribution in [2.24, 2.45) is 0 Å². The summed E-state index contributed by atoms with van der Waals surface area (Å²) in [6.45, 7) is 9.65. The molecule has 4 aromatic rings. The first-order valence-corrected chi connectivity index (χ1v) is 13.6. The molecule has 1 aliphatic heterocycles. The number of aromatic nitrogens is 4. The Bertz CT molecular complexity index is 1510. The molecule has 0 radical (unpaired) electrons. The minimum absolute atomic E-state index is 0.321. The molecule has 1 fully saturated rings. The minimum atomic E-state index is -0.544. The summed E-state index contributed by atoms with van der Waals surface area (Å²) in [5.74, 6) is 7.31. The molecule has 1 amide bonds. The zero-order chi connectivity index (χ0) is 27.4. The molecule has 1 atom stereocenters. The summed E-state index contributed by atoms with van der Waals surface area (Å²) in [7, 11) is 0. The van der Waals surface area contributed by atoms with E-state index in [2.05, 4.69) is 49.2 Å². The number of hydrogen-bond acceptors (Lipinski definition) is 5. The number of imidazole rings is 2. The highest BCUT2D eigenvalue weighted by molar-refractivity contribution is 5.77. The molecular weight excluding hydrogens is 488 g/mol. The fraction of sp³-hybridized carbons (Fsp3) is 0.387. The second kappa shape index (κ2) is 11.3. The number of ether oxygens (including phenoxy) is 1. The number of carbonyl (C=O) groups excluding carboxylic acids is 1. The van der Waals surface area contributed by atoms with Gasteiger partial charge in [0.05, 0.1) is 35.3 Å². The lowest BCUT2D eigenvalue weighted by atomic mass is 10.0. The highest BCUT2D eigenvalue weighted by atomic mass is 16.6. The molecule has 2 aromatic carbocycles. The molecule has 2 aromatic heterocycles. The zero-order valence-corrected chi connectivity index (χ0v) is 23.1. The van der Waals surface area contributed by atoms with Crippen LogP contribution in [0.15, 0.2) is 48.8 Å². The third-order valence-corrected chi connectivity index (χ3v) is 6.58. The second-order valence-corrected chi connectivity index (χ2v) is 11.0. The predicted octanol–water partition coefficient (Wildman–Crippen LogP) is 5.92. The fourth-order valence-corrected chi connectivity index (χ4v) is 4.85. The third-order valence-electron chi connectivity index (χ3n) is 6.58. The summed E-state index contributed by atoms with van der Waals surface area (Å²) in [5, 5.41) is 3.54. The topological polar surface area (TPSA) is 98.9 Å². The maximum atomic E-state index is 12.7. The van der Waals surface area contributed by atoms with Crippen molar-refractivity contribution in [1.29, 1.82) is 0 Å². The third kappa shape index (κ3) is 6.50. The number of aromatic amines is 2. The van der Waals surface area contributed by atoms with Crippen LogP contribution in [0.4, 0.5) is 4.79 Å². The predicted molar refractivity (Wildman–Crippen MR) is 153 cm³/mol. The van der Waals surface area contributed by atoms with Gasteiger partial charge in [0.25, 0.3) is 0 Å². The summed E-state index contributed by atoms with van der Waals surface area (Å²) >= 11 is 0. The number of amides is 1. The van der Waals surface area contributed by atoms with Crippen LogP contribution < -0.4 is 5.32 Å². The molecule has 0 saturated carbocycles. The van der Waals surface area contributed by atoms with E-state index >= 15 is 0 Å². The minimum Gasteiger partial charge on any atom is -0.444 e. The molecule has 3 heterocycles. The van der Waals surface area contributed by atoms with Gasteiger partial charge in [0.2, 0.25) is 0 Å². The molecule has 8 heteroatoms. The highest BCUT2D eigenvalue weighted by Gasteiger charge is 2.23. The van der Waals surface area contributed by atoms with Crippen LogP contribution in [0.1, 0.15) is 75.6 Å². The second-order valence-electron chi connectivity index (χ2n) is 11.0. The number of nitrogens with one attached hydrogen (secondary N) is 3. The van der Waals surface area contributed by atoms with E-state index in [0.717, 1.165) is 58.5 Å². The van der Waals surface area contributed by atoms with Crippen molar-refractivity contribution in [2.45, 2.75) is 65.1 Å². The van der Waals surface area contributed by atoms with Gasteiger partial charge in [-0.3, -0.25) is 0 Å². The van der Waals surface area contributed by atoms with E-state index < -0.39 is 5.60 Å². The van der Waals surface area contributed by atoms with Crippen LogP contribution in [0.3, 0.4) is 0 Å². The van der Waals surface area contributed by atoms with E-state index in [4.69, 9.17) is 4.74 Å². The van der Waals surface area contributed by atoms with Gasteiger partial charge >= 0.3 is 6.09 Å². The van der Waals surface area contributed by atoms with Crippen LogP contribution >= 0.6 is 0 Å². The van der Waals surface area contributed by atoms with Gasteiger partial charge in [-0.15, -0.1) is 0 Å². The van der Waals surface area contributed by atoms with Crippen molar-refractivity contribution >= 4 is 17.1 Å². The Morgan fingerprint density at radius 2 is 1.97 bits per heavy atom. The Labute approximate surface area is 229 Å². The summed E-state index contributed by atoms with van der Waals surface area (Å²) in [4.78, 5) is 30.3. The van der Waals surface area contributed by atoms with Crippen molar-refractivity contribution in [3.8, 4) is 23.1 Å². The summed E-state index contributed by atoms with van der Waals surface area (Å²) in [6.07, 6.45) is 4.56. The van der Waals surface area contributed by atoms with Crippen LogP contribution in [0.5, 0.6) is 0 Å². The standard InChI is InChI=1S/C31H36N6O2/c1-5-16-37(30(38)39-31(2,3)4)19-27-35-24-14-13-22(18-26(24)36-27)12-11-21-8-6-9-23(17-21)28-29(34-20-33-28)25-10-7-15-32-25/h6,8-9,13-14,17-18,20,25,32H,5,7,10,15-16,19H2,1-4H3,(H,33,34)(H,35,36)/t25-/m0/s1. The molecular formula is C31H36N6O2. The first-order chi connectivity index (χ1) is 18.8. The number of nitrogens with zero attached hydrogens (tertiary/aromatic N) is 3. The number of rotatable bonds is 6. The molecule has 5 rings (SSSR count). The number of H-pyrrole nitrogens is 2. The van der Waals surface area contributed by atoms with Gasteiger partial charge in [-0.25, -0.2) is 14.8 Å². The number of fused-ring (bicyclic) bond motifs is 1. The lowest BCUT2D eigenvalue weighted by Gasteiger charge is -2.26. The molecule has 8 nitrogen and oxygen atoms in total. The zero-order valence-electron chi connectivity index (χ0n) is 23.1. The van der Waals surface area contributed by atoms with Crippen molar-refractivity contribution < 1.29 is 9.53 Å². The molecule has 1 saturated heterocycles. The van der Waals surface area contributed by atoms with Crippen molar-refractivity contribution in [3.05, 3.63) is 71.4 Å². The van der Waals surface area contributed by atoms with E-state index in [1.807, 2.05) is 58.0 Å². The smallest absolute Gasteiger partial charge is 0.410 e. The Hall–Kier alpha value is -4.09. The molecule has 0 unspecified atom stereocenters. The van der Waals surface area contributed by atoms with Crippen LogP contribution in [-0.2, 0) is 11.3 Å². The summed E-state index contributed by atoms with van der Waals surface area (Å²) in [6, 6.07) is 14.5. The van der Waals surface area contributed by atoms with Gasteiger partial charge in [-0.2, -0.15) is 0 Å². The van der Waals surface area contributed by atoms with E-state index in [1.54, 1.807) is 11.2 Å². The average molecular weight is 525 g/mol.